The van der Waals surface area contributed by atoms with Gasteiger partial charge in [0, 0.05) is 44.6 Å². The highest BCUT2D eigenvalue weighted by molar-refractivity contribution is 5.45. The lowest BCUT2D eigenvalue weighted by Crippen LogP contribution is -2.25. The number of rotatable bonds is 7. The Kier molecular flexibility index (Phi) is 5.94. The van der Waals surface area contributed by atoms with Crippen LogP contribution in [0.2, 0.25) is 0 Å². The van der Waals surface area contributed by atoms with Gasteiger partial charge in [-0.2, -0.15) is 0 Å². The summed E-state index contributed by atoms with van der Waals surface area (Å²) in [5, 5.41) is 3.52. The van der Waals surface area contributed by atoms with Gasteiger partial charge >= 0.3 is 0 Å². The summed E-state index contributed by atoms with van der Waals surface area (Å²) in [7, 11) is 1.77. The Balaban J connectivity index is 1.79. The number of aryl methyl sites for hydroxylation is 2. The Morgan fingerprint density at radius 2 is 2.10 bits per heavy atom. The second-order valence-corrected chi connectivity index (χ2v) is 6.01. The van der Waals surface area contributed by atoms with Gasteiger partial charge in [-0.15, -0.1) is 0 Å². The van der Waals surface area contributed by atoms with E-state index in [1.807, 2.05) is 13.8 Å². The van der Waals surface area contributed by atoms with Crippen LogP contribution in [0.1, 0.15) is 29.9 Å². The molecule has 0 aliphatic carbocycles. The minimum Gasteiger partial charge on any atom is -0.385 e. The number of ether oxygens (including phenoxy) is 1. The van der Waals surface area contributed by atoms with Crippen LogP contribution in [0, 0.1) is 26.7 Å². The Morgan fingerprint density at radius 3 is 2.86 bits per heavy atom. The summed E-state index contributed by atoms with van der Waals surface area (Å²) in [6.07, 6.45) is 2.39. The molecule has 5 nitrogen and oxygen atoms in total. The number of hydrogen-bond acceptors (Lipinski definition) is 5. The average molecular weight is 292 g/mol. The SMILES string of the molecule is COCCCN1CC[C@@H](CNc2nc(C)nc(C)c2C)C1. The normalized spacial score (nSPS) is 19.1. The van der Waals surface area contributed by atoms with E-state index in [9.17, 15) is 0 Å². The maximum absolute atomic E-state index is 5.12. The molecule has 118 valence electrons. The fraction of sp³-hybridized carbons (Fsp3) is 0.750. The molecule has 0 radical (unpaired) electrons. The van der Waals surface area contributed by atoms with Crippen LogP contribution in [0.4, 0.5) is 5.82 Å². The molecule has 1 aliphatic rings. The van der Waals surface area contributed by atoms with Gasteiger partial charge in [-0.3, -0.25) is 0 Å². The van der Waals surface area contributed by atoms with Gasteiger partial charge in [0.1, 0.15) is 11.6 Å². The van der Waals surface area contributed by atoms with Crippen LogP contribution in [-0.4, -0.2) is 54.8 Å². The summed E-state index contributed by atoms with van der Waals surface area (Å²) in [5.74, 6) is 2.55. The van der Waals surface area contributed by atoms with Crippen molar-refractivity contribution in [2.75, 3.05) is 45.2 Å². The van der Waals surface area contributed by atoms with E-state index in [-0.39, 0.29) is 0 Å². The van der Waals surface area contributed by atoms with Gasteiger partial charge in [-0.1, -0.05) is 0 Å². The molecule has 5 heteroatoms. The van der Waals surface area contributed by atoms with Crippen molar-refractivity contribution in [2.45, 2.75) is 33.6 Å². The third-order valence-electron chi connectivity index (χ3n) is 4.25. The highest BCUT2D eigenvalue weighted by Crippen LogP contribution is 2.19. The van der Waals surface area contributed by atoms with Crippen LogP contribution in [0.25, 0.3) is 0 Å². The third-order valence-corrected chi connectivity index (χ3v) is 4.25. The number of nitrogens with zero attached hydrogens (tertiary/aromatic N) is 3. The lowest BCUT2D eigenvalue weighted by molar-refractivity contribution is 0.178. The molecule has 0 amide bonds. The molecule has 2 rings (SSSR count). The quantitative estimate of drug-likeness (QED) is 0.781. The molecule has 1 aliphatic heterocycles. The first-order chi connectivity index (χ1) is 10.1. The van der Waals surface area contributed by atoms with Crippen LogP contribution in [0.3, 0.4) is 0 Å². The molecule has 1 aromatic rings. The fourth-order valence-electron chi connectivity index (χ4n) is 2.90. The van der Waals surface area contributed by atoms with E-state index in [2.05, 4.69) is 27.1 Å². The topological polar surface area (TPSA) is 50.3 Å². The molecule has 0 spiro atoms. The highest BCUT2D eigenvalue weighted by Gasteiger charge is 2.22. The van der Waals surface area contributed by atoms with E-state index in [0.717, 1.165) is 49.0 Å². The van der Waals surface area contributed by atoms with E-state index in [0.29, 0.717) is 5.92 Å². The minimum absolute atomic E-state index is 0.711. The van der Waals surface area contributed by atoms with Crippen LogP contribution >= 0.6 is 0 Å². The molecular formula is C16H28N4O. The van der Waals surface area contributed by atoms with E-state index in [4.69, 9.17) is 4.74 Å². The lowest BCUT2D eigenvalue weighted by Gasteiger charge is -2.17. The van der Waals surface area contributed by atoms with Crippen molar-refractivity contribution >= 4 is 5.82 Å². The predicted octanol–water partition coefficient (Wildman–Crippen LogP) is 2.17. The van der Waals surface area contributed by atoms with Crippen LogP contribution < -0.4 is 5.32 Å². The van der Waals surface area contributed by atoms with Gasteiger partial charge in [0.2, 0.25) is 0 Å². The molecule has 1 atom stereocenters. The zero-order valence-electron chi connectivity index (χ0n) is 13.8. The van der Waals surface area contributed by atoms with Gasteiger partial charge in [0.15, 0.2) is 0 Å². The summed E-state index contributed by atoms with van der Waals surface area (Å²) in [6, 6.07) is 0. The molecule has 1 aromatic heterocycles. The van der Waals surface area contributed by atoms with Crippen molar-refractivity contribution < 1.29 is 4.74 Å². The molecule has 0 unspecified atom stereocenters. The number of anilines is 1. The summed E-state index contributed by atoms with van der Waals surface area (Å²) >= 11 is 0. The fourth-order valence-corrected chi connectivity index (χ4v) is 2.90. The van der Waals surface area contributed by atoms with Gasteiger partial charge in [-0.05, 0) is 46.1 Å². The van der Waals surface area contributed by atoms with Crippen LogP contribution in [0.5, 0.6) is 0 Å². The minimum atomic E-state index is 0.711. The first-order valence-electron chi connectivity index (χ1n) is 7.87. The summed E-state index contributed by atoms with van der Waals surface area (Å²) in [6.45, 7) is 11.5. The maximum Gasteiger partial charge on any atom is 0.132 e. The number of methoxy groups -OCH3 is 1. The molecular weight excluding hydrogens is 264 g/mol. The zero-order valence-corrected chi connectivity index (χ0v) is 13.8. The first-order valence-corrected chi connectivity index (χ1v) is 7.87. The second kappa shape index (κ2) is 7.71. The maximum atomic E-state index is 5.12. The summed E-state index contributed by atoms with van der Waals surface area (Å²) < 4.78 is 5.12. The monoisotopic (exact) mass is 292 g/mol. The molecule has 0 aromatic carbocycles. The Labute approximate surface area is 128 Å². The number of aromatic nitrogens is 2. The Hall–Kier alpha value is -1.20. The predicted molar refractivity (Wildman–Crippen MR) is 85.8 cm³/mol. The van der Waals surface area contributed by atoms with Crippen molar-refractivity contribution in [1.82, 2.24) is 14.9 Å². The Bertz CT molecular complexity index is 464. The molecule has 0 saturated carbocycles. The van der Waals surface area contributed by atoms with E-state index in [1.165, 1.54) is 19.5 Å². The van der Waals surface area contributed by atoms with Crippen LogP contribution in [0.15, 0.2) is 0 Å². The molecule has 1 saturated heterocycles. The molecule has 1 fully saturated rings. The van der Waals surface area contributed by atoms with Gasteiger partial charge in [0.25, 0.3) is 0 Å². The largest absolute Gasteiger partial charge is 0.385 e. The number of hydrogen-bond donors (Lipinski definition) is 1. The molecule has 1 N–H and O–H groups in total. The molecule has 2 heterocycles. The first kappa shape index (κ1) is 16.2. The van der Waals surface area contributed by atoms with Gasteiger partial charge in [0.05, 0.1) is 0 Å². The van der Waals surface area contributed by atoms with Crippen molar-refractivity contribution in [3.05, 3.63) is 17.1 Å². The number of nitrogens with one attached hydrogen (secondary N) is 1. The third kappa shape index (κ3) is 4.64. The summed E-state index contributed by atoms with van der Waals surface area (Å²) in [4.78, 5) is 11.5. The van der Waals surface area contributed by atoms with Crippen molar-refractivity contribution in [3.8, 4) is 0 Å². The smallest absolute Gasteiger partial charge is 0.132 e. The average Bonchev–Trinajstić information content (AvgIpc) is 2.89. The van der Waals surface area contributed by atoms with Crippen molar-refractivity contribution in [2.24, 2.45) is 5.92 Å². The van der Waals surface area contributed by atoms with Gasteiger partial charge in [-0.25, -0.2) is 9.97 Å². The zero-order chi connectivity index (χ0) is 15.2. The number of likely N-dealkylation sites (tertiary alicyclic amines) is 1. The van der Waals surface area contributed by atoms with E-state index in [1.54, 1.807) is 7.11 Å². The van der Waals surface area contributed by atoms with E-state index >= 15 is 0 Å². The molecule has 0 bridgehead atoms. The lowest BCUT2D eigenvalue weighted by atomic mass is 10.1. The van der Waals surface area contributed by atoms with Gasteiger partial charge < -0.3 is 15.0 Å². The summed E-state index contributed by atoms with van der Waals surface area (Å²) in [5.41, 5.74) is 2.23. The van der Waals surface area contributed by atoms with Crippen molar-refractivity contribution in [1.29, 1.82) is 0 Å². The Morgan fingerprint density at radius 1 is 1.29 bits per heavy atom. The van der Waals surface area contributed by atoms with Crippen molar-refractivity contribution in [3.63, 3.8) is 0 Å². The second-order valence-electron chi connectivity index (χ2n) is 6.01. The molecule has 21 heavy (non-hydrogen) atoms. The highest BCUT2D eigenvalue weighted by atomic mass is 16.5. The van der Waals surface area contributed by atoms with E-state index < -0.39 is 0 Å². The van der Waals surface area contributed by atoms with Crippen LogP contribution in [-0.2, 0) is 4.74 Å². The standard InChI is InChI=1S/C16H28N4O/c1-12-13(2)18-14(3)19-16(12)17-10-15-6-8-20(11-15)7-5-9-21-4/h15H,5-11H2,1-4H3,(H,17,18,19)/t15-/m0/s1.